The van der Waals surface area contributed by atoms with Gasteiger partial charge in [-0.1, -0.05) is 19.8 Å². The SMILES string of the molecule is CC(C)NC(=O)N1CCCC(C(=O)N2CCC(C)C3CCCCC32)C1. The average Bonchev–Trinajstić information content (AvgIpc) is 2.61. The Hall–Kier alpha value is -1.26. The lowest BCUT2D eigenvalue weighted by atomic mass is 9.72. The summed E-state index contributed by atoms with van der Waals surface area (Å²) in [4.78, 5) is 29.6. The third-order valence-electron chi connectivity index (χ3n) is 6.49. The normalized spacial score (nSPS) is 33.1. The Labute approximate surface area is 152 Å². The molecule has 5 heteroatoms. The van der Waals surface area contributed by atoms with Crippen molar-refractivity contribution in [1.29, 1.82) is 0 Å². The molecule has 1 saturated carbocycles. The molecular weight excluding hydrogens is 314 g/mol. The third-order valence-corrected chi connectivity index (χ3v) is 6.49. The van der Waals surface area contributed by atoms with Crippen molar-refractivity contribution in [3.8, 4) is 0 Å². The van der Waals surface area contributed by atoms with Gasteiger partial charge in [0.1, 0.15) is 0 Å². The molecule has 3 aliphatic rings. The smallest absolute Gasteiger partial charge is 0.317 e. The van der Waals surface area contributed by atoms with Crippen LogP contribution in [0.1, 0.15) is 65.7 Å². The van der Waals surface area contributed by atoms with Crippen molar-refractivity contribution >= 4 is 11.9 Å². The monoisotopic (exact) mass is 349 g/mol. The zero-order chi connectivity index (χ0) is 18.0. The van der Waals surface area contributed by atoms with Crippen molar-refractivity contribution < 1.29 is 9.59 Å². The minimum Gasteiger partial charge on any atom is -0.339 e. The number of carbonyl (C=O) groups excluding carboxylic acids is 2. The van der Waals surface area contributed by atoms with Crippen molar-refractivity contribution in [3.05, 3.63) is 0 Å². The first-order valence-corrected chi connectivity index (χ1v) is 10.3. The first-order chi connectivity index (χ1) is 12.0. The van der Waals surface area contributed by atoms with E-state index in [2.05, 4.69) is 17.1 Å². The lowest BCUT2D eigenvalue weighted by molar-refractivity contribution is -0.144. The van der Waals surface area contributed by atoms with Crippen LogP contribution in [0.2, 0.25) is 0 Å². The maximum Gasteiger partial charge on any atom is 0.317 e. The summed E-state index contributed by atoms with van der Waals surface area (Å²) >= 11 is 0. The number of nitrogens with one attached hydrogen (secondary N) is 1. The van der Waals surface area contributed by atoms with Crippen molar-refractivity contribution in [2.45, 2.75) is 77.8 Å². The van der Waals surface area contributed by atoms with Crippen molar-refractivity contribution in [1.82, 2.24) is 15.1 Å². The predicted molar refractivity (Wildman–Crippen MR) is 99.2 cm³/mol. The van der Waals surface area contributed by atoms with Gasteiger partial charge in [0.25, 0.3) is 0 Å². The molecule has 4 unspecified atom stereocenters. The summed E-state index contributed by atoms with van der Waals surface area (Å²) in [6.07, 6.45) is 8.02. The second-order valence-electron chi connectivity index (χ2n) is 8.70. The van der Waals surface area contributed by atoms with Crippen LogP contribution in [0.25, 0.3) is 0 Å². The maximum atomic E-state index is 13.3. The van der Waals surface area contributed by atoms with Crippen LogP contribution in [0.3, 0.4) is 0 Å². The van der Waals surface area contributed by atoms with Crippen LogP contribution in [0, 0.1) is 17.8 Å². The summed E-state index contributed by atoms with van der Waals surface area (Å²) in [5.74, 6) is 1.73. The molecule has 5 nitrogen and oxygen atoms in total. The molecule has 1 N–H and O–H groups in total. The van der Waals surface area contributed by atoms with Crippen LogP contribution in [0.5, 0.6) is 0 Å². The molecule has 0 bridgehead atoms. The number of carbonyl (C=O) groups is 2. The molecule has 4 atom stereocenters. The van der Waals surface area contributed by atoms with E-state index in [1.807, 2.05) is 18.7 Å². The van der Waals surface area contributed by atoms with Crippen LogP contribution >= 0.6 is 0 Å². The quantitative estimate of drug-likeness (QED) is 0.832. The molecular formula is C20H35N3O2. The Morgan fingerprint density at radius 3 is 2.52 bits per heavy atom. The molecule has 0 radical (unpaired) electrons. The molecule has 3 rings (SSSR count). The number of urea groups is 1. The van der Waals surface area contributed by atoms with E-state index in [0.29, 0.717) is 24.4 Å². The van der Waals surface area contributed by atoms with Crippen molar-refractivity contribution in [3.63, 3.8) is 0 Å². The molecule has 2 aliphatic heterocycles. The van der Waals surface area contributed by atoms with Gasteiger partial charge in [-0.2, -0.15) is 0 Å². The van der Waals surface area contributed by atoms with Crippen LogP contribution in [-0.2, 0) is 4.79 Å². The summed E-state index contributed by atoms with van der Waals surface area (Å²) in [5.41, 5.74) is 0. The van der Waals surface area contributed by atoms with Gasteiger partial charge in [0.05, 0.1) is 5.92 Å². The van der Waals surface area contributed by atoms with E-state index < -0.39 is 0 Å². The highest BCUT2D eigenvalue weighted by Crippen LogP contribution is 2.39. The molecule has 25 heavy (non-hydrogen) atoms. The van der Waals surface area contributed by atoms with Crippen molar-refractivity contribution in [2.24, 2.45) is 17.8 Å². The second-order valence-corrected chi connectivity index (χ2v) is 8.70. The van der Waals surface area contributed by atoms with E-state index >= 15 is 0 Å². The highest BCUT2D eigenvalue weighted by molar-refractivity contribution is 5.81. The summed E-state index contributed by atoms with van der Waals surface area (Å²) in [6, 6.07) is 0.565. The van der Waals surface area contributed by atoms with Crippen LogP contribution in [0.15, 0.2) is 0 Å². The molecule has 0 aromatic heterocycles. The Kier molecular flexibility index (Phi) is 5.90. The van der Waals surface area contributed by atoms with Gasteiger partial charge in [-0.25, -0.2) is 4.79 Å². The summed E-state index contributed by atoms with van der Waals surface area (Å²) < 4.78 is 0. The van der Waals surface area contributed by atoms with E-state index in [1.165, 1.54) is 25.7 Å². The molecule has 142 valence electrons. The number of fused-ring (bicyclic) bond motifs is 1. The van der Waals surface area contributed by atoms with E-state index in [9.17, 15) is 9.59 Å². The largest absolute Gasteiger partial charge is 0.339 e. The van der Waals surface area contributed by atoms with Crippen molar-refractivity contribution in [2.75, 3.05) is 19.6 Å². The fraction of sp³-hybridized carbons (Fsp3) is 0.900. The molecule has 1 aliphatic carbocycles. The van der Waals surface area contributed by atoms with E-state index in [4.69, 9.17) is 0 Å². The fourth-order valence-corrected chi connectivity index (χ4v) is 5.12. The average molecular weight is 350 g/mol. The Morgan fingerprint density at radius 2 is 1.76 bits per heavy atom. The van der Waals surface area contributed by atoms with Crippen LogP contribution in [0.4, 0.5) is 4.79 Å². The Bertz CT molecular complexity index is 493. The highest BCUT2D eigenvalue weighted by atomic mass is 16.2. The number of piperidine rings is 2. The number of rotatable bonds is 2. The molecule has 0 spiro atoms. The number of nitrogens with zero attached hydrogens (tertiary/aromatic N) is 2. The molecule has 2 saturated heterocycles. The van der Waals surface area contributed by atoms with Gasteiger partial charge >= 0.3 is 6.03 Å². The van der Waals surface area contributed by atoms with Crippen LogP contribution in [-0.4, -0.2) is 53.5 Å². The Morgan fingerprint density at radius 1 is 1.00 bits per heavy atom. The van der Waals surface area contributed by atoms with Gasteiger partial charge in [0.2, 0.25) is 5.91 Å². The van der Waals surface area contributed by atoms with Gasteiger partial charge < -0.3 is 15.1 Å². The maximum absolute atomic E-state index is 13.3. The van der Waals surface area contributed by atoms with E-state index in [0.717, 1.165) is 38.3 Å². The first kappa shape index (κ1) is 18.5. The van der Waals surface area contributed by atoms with Gasteiger partial charge in [-0.15, -0.1) is 0 Å². The number of amides is 3. The zero-order valence-corrected chi connectivity index (χ0v) is 16.2. The standard InChI is InChI=1S/C20H35N3O2/c1-14(2)21-20(25)22-11-6-7-16(13-22)19(24)23-12-10-15(3)17-8-4-5-9-18(17)23/h14-18H,4-13H2,1-3H3,(H,21,25). The summed E-state index contributed by atoms with van der Waals surface area (Å²) in [7, 11) is 0. The molecule has 2 heterocycles. The van der Waals surface area contributed by atoms with E-state index in [1.54, 1.807) is 0 Å². The number of hydrogen-bond acceptors (Lipinski definition) is 2. The first-order valence-electron chi connectivity index (χ1n) is 10.3. The fourth-order valence-electron chi connectivity index (χ4n) is 5.12. The van der Waals surface area contributed by atoms with Gasteiger partial charge in [0.15, 0.2) is 0 Å². The minimum atomic E-state index is -0.0182. The Balaban J connectivity index is 1.64. The predicted octanol–water partition coefficient (Wildman–Crippen LogP) is 3.24. The van der Waals surface area contributed by atoms with Gasteiger partial charge in [-0.05, 0) is 57.8 Å². The van der Waals surface area contributed by atoms with Crippen LogP contribution < -0.4 is 5.32 Å². The molecule has 3 amide bonds. The zero-order valence-electron chi connectivity index (χ0n) is 16.2. The minimum absolute atomic E-state index is 0.0114. The van der Waals surface area contributed by atoms with Gasteiger partial charge in [0, 0.05) is 31.7 Å². The lowest BCUT2D eigenvalue weighted by Crippen LogP contribution is -2.56. The van der Waals surface area contributed by atoms with Gasteiger partial charge in [-0.3, -0.25) is 4.79 Å². The molecule has 0 aromatic carbocycles. The van der Waals surface area contributed by atoms with E-state index in [-0.39, 0.29) is 18.0 Å². The highest BCUT2D eigenvalue weighted by Gasteiger charge is 2.42. The molecule has 0 aromatic rings. The topological polar surface area (TPSA) is 52.7 Å². The number of hydrogen-bond donors (Lipinski definition) is 1. The number of likely N-dealkylation sites (tertiary alicyclic amines) is 2. The summed E-state index contributed by atoms with van der Waals surface area (Å²) in [6.45, 7) is 8.58. The third kappa shape index (κ3) is 4.12. The molecule has 3 fully saturated rings. The summed E-state index contributed by atoms with van der Waals surface area (Å²) in [5, 5.41) is 2.96. The second kappa shape index (κ2) is 7.96. The lowest BCUT2D eigenvalue weighted by Gasteiger charge is -2.48.